The van der Waals surface area contributed by atoms with Crippen molar-refractivity contribution in [1.82, 2.24) is 45.8 Å². The molecule has 71 heavy (non-hydrogen) atoms. The highest BCUT2D eigenvalue weighted by Gasteiger charge is 2.71. The molecule has 4 aliphatic heterocycles. The Morgan fingerprint density at radius 3 is 1.85 bits per heavy atom. The van der Waals surface area contributed by atoms with E-state index in [0.29, 0.717) is 30.4 Å². The second-order valence-electron chi connectivity index (χ2n) is 21.1. The minimum Gasteiger partial charge on any atom is -0.497 e. The zero-order valence-corrected chi connectivity index (χ0v) is 42.0. The number of nitrogens with zero attached hydrogens (tertiary/aromatic N) is 5. The van der Waals surface area contributed by atoms with Gasteiger partial charge >= 0.3 is 6.09 Å². The maximum atomic E-state index is 13.2. The summed E-state index contributed by atoms with van der Waals surface area (Å²) in [6, 6.07) is 15.3. The third kappa shape index (κ3) is 7.88. The van der Waals surface area contributed by atoms with Gasteiger partial charge in [0.25, 0.3) is 5.91 Å². The van der Waals surface area contributed by atoms with E-state index in [1.807, 2.05) is 75.5 Å². The predicted octanol–water partition coefficient (Wildman–Crippen LogP) is 6.25. The van der Waals surface area contributed by atoms with Gasteiger partial charge in [0.05, 0.1) is 64.3 Å². The number of hydrogen-bond donors (Lipinski definition) is 4. The quantitative estimate of drug-likeness (QED) is 0.116. The van der Waals surface area contributed by atoms with Crippen molar-refractivity contribution in [2.75, 3.05) is 40.4 Å². The third-order valence-electron chi connectivity index (χ3n) is 15.6. The predicted molar refractivity (Wildman–Crippen MR) is 265 cm³/mol. The Kier molecular flexibility index (Phi) is 11.3. The largest absolute Gasteiger partial charge is 0.497 e. The molecular formula is C53H56BrN9O8. The fourth-order valence-corrected chi connectivity index (χ4v) is 11.8. The number of amides is 3. The molecule has 3 saturated heterocycles. The number of alkyl halides is 1. The van der Waals surface area contributed by atoms with Crippen molar-refractivity contribution in [2.24, 2.45) is 5.41 Å². The number of fused-ring (bicyclic) bond motifs is 9. The Morgan fingerprint density at radius 1 is 0.746 bits per heavy atom. The van der Waals surface area contributed by atoms with Gasteiger partial charge in [-0.2, -0.15) is 0 Å². The molecule has 3 amide bonds. The van der Waals surface area contributed by atoms with Gasteiger partial charge in [-0.3, -0.25) is 19.2 Å². The summed E-state index contributed by atoms with van der Waals surface area (Å²) in [5.41, 5.74) is 7.86. The maximum absolute atomic E-state index is 13.2. The molecule has 7 heterocycles. The van der Waals surface area contributed by atoms with E-state index in [9.17, 15) is 24.0 Å². The number of halogens is 1. The molecule has 2 saturated carbocycles. The molecule has 4 aliphatic carbocycles. The highest BCUT2D eigenvalue weighted by Crippen LogP contribution is 2.59. The van der Waals surface area contributed by atoms with Crippen molar-refractivity contribution in [3.8, 4) is 45.7 Å². The number of aryl methyl sites for hydroxylation is 2. The molecular weight excluding hydrogens is 971 g/mol. The van der Waals surface area contributed by atoms with Crippen LogP contribution in [0.1, 0.15) is 103 Å². The van der Waals surface area contributed by atoms with Gasteiger partial charge in [-0.25, -0.2) is 24.7 Å². The molecule has 2 aromatic carbocycles. The summed E-state index contributed by atoms with van der Waals surface area (Å²) in [7, 11) is 3.28. The van der Waals surface area contributed by atoms with Gasteiger partial charge in [0, 0.05) is 55.4 Å². The first kappa shape index (κ1) is 46.8. The Balaban J connectivity index is 0.000000121. The van der Waals surface area contributed by atoms with Crippen molar-refractivity contribution in [1.29, 1.82) is 0 Å². The minimum absolute atomic E-state index is 0.0143. The Hall–Kier alpha value is -6.53. The zero-order valence-electron chi connectivity index (χ0n) is 40.4. The molecule has 0 radical (unpaired) electrons. The Labute approximate surface area is 419 Å². The molecule has 3 aromatic heterocycles. The number of ether oxygens (including phenoxy) is 3. The SMILES string of the molecule is CC(C)(C)OC(=O)N1CC2(C1)C(=O)CC(=O)NC21CC1.COc1ccc(-c2ncc3c(n2)-c2[nH]c4c(c2CC3)C(=O)NC2(CC2)C42CNC2)cc1.COc1ccc(-c2ncc3c(n2)C(=O)C(Br)CC3)cc1. The molecule has 4 N–H and O–H groups in total. The van der Waals surface area contributed by atoms with Crippen LogP contribution in [0, 0.1) is 5.41 Å². The number of aromatic nitrogens is 5. The standard InChI is InChI=1S/C24H23N5O2.C15H13BrN2O2.C14H20N2O4/c1-31-15-5-2-13(3-6-15)21-26-10-14-4-7-16-17-20(27-19(16)18(14)28-21)23(11-25-12-23)24(8-9-24)29-22(17)30;1-20-11-5-2-9(3-6-11)15-17-8-10-4-7-12(16)14(19)13(10)18-15;1-12(2,3)20-11(19)16-7-13(8-16)9(17)6-10(18)15-14(13)4-5-14/h2-3,5-6,10,25,27H,4,7-9,11-12H2,1H3,(H,29,30);2-3,5-6,8,12H,4,7H2,1H3;4-8H2,1-3H3,(H,15,18). The highest BCUT2D eigenvalue weighted by atomic mass is 79.9. The molecule has 17 nitrogen and oxygen atoms in total. The minimum atomic E-state index is -0.572. The monoisotopic (exact) mass is 1030 g/mol. The van der Waals surface area contributed by atoms with Crippen molar-refractivity contribution in [3.05, 3.63) is 94.6 Å². The number of rotatable bonds is 4. The number of piperidine rings is 1. The molecule has 5 fully saturated rings. The van der Waals surface area contributed by atoms with Crippen LogP contribution in [0.5, 0.6) is 11.5 Å². The lowest BCUT2D eigenvalue weighted by Crippen LogP contribution is -2.74. The lowest BCUT2D eigenvalue weighted by molar-refractivity contribution is -0.153. The molecule has 1 atom stereocenters. The molecule has 1 unspecified atom stereocenters. The summed E-state index contributed by atoms with van der Waals surface area (Å²) in [6.07, 6.45) is 10.3. The second-order valence-corrected chi connectivity index (χ2v) is 22.2. The summed E-state index contributed by atoms with van der Waals surface area (Å²) in [4.78, 5) is 84.6. The van der Waals surface area contributed by atoms with E-state index >= 15 is 0 Å². The van der Waals surface area contributed by atoms with Gasteiger partial charge in [0.2, 0.25) is 5.91 Å². The Morgan fingerprint density at radius 2 is 1.31 bits per heavy atom. The summed E-state index contributed by atoms with van der Waals surface area (Å²) in [5.74, 6) is 2.75. The average Bonchev–Trinajstić information content (AvgIpc) is 4.24. The van der Waals surface area contributed by atoms with Crippen LogP contribution in [0.2, 0.25) is 0 Å². The van der Waals surface area contributed by atoms with E-state index in [1.54, 1.807) is 25.3 Å². The van der Waals surface area contributed by atoms with Crippen LogP contribution >= 0.6 is 15.9 Å². The number of H-pyrrole nitrogens is 1. The lowest BCUT2D eigenvalue weighted by atomic mass is 9.65. The summed E-state index contributed by atoms with van der Waals surface area (Å²) in [6.45, 7) is 7.99. The van der Waals surface area contributed by atoms with Crippen LogP contribution in [0.3, 0.4) is 0 Å². The first-order valence-corrected chi connectivity index (χ1v) is 25.2. The van der Waals surface area contributed by atoms with Gasteiger partial charge in [-0.1, -0.05) is 15.9 Å². The summed E-state index contributed by atoms with van der Waals surface area (Å²) >= 11 is 3.40. The number of hydrogen-bond acceptors (Lipinski definition) is 13. The summed E-state index contributed by atoms with van der Waals surface area (Å²) in [5, 5.41) is 9.79. The Bertz CT molecular complexity index is 3020. The first-order valence-electron chi connectivity index (χ1n) is 24.3. The smallest absolute Gasteiger partial charge is 0.410 e. The second kappa shape index (κ2) is 17.1. The number of likely N-dealkylation sites (tertiary alicyclic amines) is 1. The average molecular weight is 1030 g/mol. The van der Waals surface area contributed by atoms with E-state index in [1.165, 1.54) is 0 Å². The fourth-order valence-electron chi connectivity index (χ4n) is 11.3. The molecule has 4 spiro atoms. The number of carbonyl (C=O) groups excluding carboxylic acids is 5. The number of benzene rings is 2. The van der Waals surface area contributed by atoms with E-state index in [2.05, 4.69) is 51.8 Å². The number of ketones is 2. The fraction of sp³-hybridized carbons (Fsp3) is 0.453. The molecule has 13 rings (SSSR count). The number of aromatic amines is 1. The van der Waals surface area contributed by atoms with Gasteiger partial charge < -0.3 is 40.0 Å². The highest BCUT2D eigenvalue weighted by molar-refractivity contribution is 9.10. The molecule has 18 heteroatoms. The van der Waals surface area contributed by atoms with Gasteiger partial charge in [-0.05, 0) is 137 Å². The van der Waals surface area contributed by atoms with Crippen LogP contribution < -0.4 is 25.4 Å². The molecule has 5 aromatic rings. The van der Waals surface area contributed by atoms with Gasteiger partial charge in [0.15, 0.2) is 23.2 Å². The van der Waals surface area contributed by atoms with Gasteiger partial charge in [0.1, 0.15) is 22.8 Å². The molecule has 0 bridgehead atoms. The number of methoxy groups -OCH3 is 2. The first-order chi connectivity index (χ1) is 34.0. The number of carbonyl (C=O) groups is 5. The van der Waals surface area contributed by atoms with Crippen molar-refractivity contribution < 1.29 is 38.2 Å². The summed E-state index contributed by atoms with van der Waals surface area (Å²) < 4.78 is 15.7. The van der Waals surface area contributed by atoms with Crippen molar-refractivity contribution in [3.63, 3.8) is 0 Å². The van der Waals surface area contributed by atoms with Crippen LogP contribution in [0.15, 0.2) is 60.9 Å². The normalized spacial score (nSPS) is 21.5. The van der Waals surface area contributed by atoms with E-state index in [4.69, 9.17) is 19.2 Å². The zero-order chi connectivity index (χ0) is 49.7. The number of nitrogens with one attached hydrogen (secondary N) is 4. The van der Waals surface area contributed by atoms with Crippen molar-refractivity contribution in [2.45, 2.75) is 105 Å². The van der Waals surface area contributed by atoms with Crippen LogP contribution in [-0.4, -0.2) is 121 Å². The van der Waals surface area contributed by atoms with Gasteiger partial charge in [-0.15, -0.1) is 0 Å². The van der Waals surface area contributed by atoms with E-state index in [-0.39, 0.29) is 51.7 Å². The topological polar surface area (TPSA) is 220 Å². The molecule has 8 aliphatic rings. The lowest BCUT2D eigenvalue weighted by Gasteiger charge is -2.55. The maximum Gasteiger partial charge on any atom is 0.410 e. The van der Waals surface area contributed by atoms with Crippen LogP contribution in [0.25, 0.3) is 34.2 Å². The van der Waals surface area contributed by atoms with Crippen LogP contribution in [0.4, 0.5) is 4.79 Å². The third-order valence-corrected chi connectivity index (χ3v) is 16.5. The molecule has 368 valence electrons. The van der Waals surface area contributed by atoms with E-state index in [0.717, 1.165) is 126 Å². The van der Waals surface area contributed by atoms with Crippen molar-refractivity contribution >= 4 is 45.4 Å². The van der Waals surface area contributed by atoms with Crippen LogP contribution in [-0.2, 0) is 39.0 Å². The number of Topliss-reactive ketones (excluding diaryl/α,β-unsaturated/α-hetero) is 2. The van der Waals surface area contributed by atoms with E-state index < -0.39 is 16.6 Å².